The third kappa shape index (κ3) is 5.36. The van der Waals surface area contributed by atoms with E-state index in [1.165, 1.54) is 11.8 Å². The quantitative estimate of drug-likeness (QED) is 0.753. The van der Waals surface area contributed by atoms with Crippen molar-refractivity contribution in [1.82, 2.24) is 4.90 Å². The molecule has 2 amide bonds. The lowest BCUT2D eigenvalue weighted by Gasteiger charge is -2.18. The molecule has 1 unspecified atom stereocenters. The number of nitrogens with one attached hydrogen (secondary N) is 1. The van der Waals surface area contributed by atoms with E-state index in [1.54, 1.807) is 29.2 Å². The Bertz CT molecular complexity index is 697. The first-order valence-electron chi connectivity index (χ1n) is 8.47. The van der Waals surface area contributed by atoms with Gasteiger partial charge in [0.05, 0.1) is 5.25 Å². The van der Waals surface area contributed by atoms with Crippen LogP contribution >= 0.6 is 11.8 Å². The molecule has 1 N–H and O–H groups in total. The summed E-state index contributed by atoms with van der Waals surface area (Å²) in [5.41, 5.74) is 1.33. The van der Waals surface area contributed by atoms with Crippen molar-refractivity contribution < 1.29 is 9.59 Å². The Hall–Kier alpha value is -2.27. The number of hydrogen-bond donors (Lipinski definition) is 1. The molecular weight excluding hydrogens is 332 g/mol. The van der Waals surface area contributed by atoms with Gasteiger partial charge in [0.1, 0.15) is 0 Å². The van der Waals surface area contributed by atoms with Crippen LogP contribution in [-0.2, 0) is 4.79 Å². The first-order valence-corrected chi connectivity index (χ1v) is 9.35. The molecule has 25 heavy (non-hydrogen) atoms. The maximum Gasteiger partial charge on any atom is 0.253 e. The minimum atomic E-state index is -0.209. The molecular formula is C20H24N2O2S. The lowest BCUT2D eigenvalue weighted by molar-refractivity contribution is -0.115. The number of amides is 2. The lowest BCUT2D eigenvalue weighted by Crippen LogP contribution is -2.30. The summed E-state index contributed by atoms with van der Waals surface area (Å²) in [7, 11) is 0. The first kappa shape index (κ1) is 19.1. The Morgan fingerprint density at radius 1 is 1.00 bits per heavy atom. The third-order valence-electron chi connectivity index (χ3n) is 3.88. The average molecular weight is 356 g/mol. The second-order valence-electron chi connectivity index (χ2n) is 5.62. The van der Waals surface area contributed by atoms with E-state index in [1.807, 2.05) is 51.1 Å². The Morgan fingerprint density at radius 2 is 1.60 bits per heavy atom. The summed E-state index contributed by atoms with van der Waals surface area (Å²) in [6, 6.07) is 16.9. The van der Waals surface area contributed by atoms with Gasteiger partial charge < -0.3 is 10.2 Å². The van der Waals surface area contributed by atoms with E-state index in [4.69, 9.17) is 0 Å². The monoisotopic (exact) mass is 356 g/mol. The highest BCUT2D eigenvalue weighted by Gasteiger charge is 2.15. The highest BCUT2D eigenvalue weighted by atomic mass is 32.2. The van der Waals surface area contributed by atoms with Crippen LogP contribution in [0.25, 0.3) is 0 Å². The van der Waals surface area contributed by atoms with Gasteiger partial charge in [-0.05, 0) is 57.2 Å². The van der Waals surface area contributed by atoms with Gasteiger partial charge in [-0.15, -0.1) is 11.8 Å². The summed E-state index contributed by atoms with van der Waals surface area (Å²) in [6.45, 7) is 7.17. The molecule has 0 bridgehead atoms. The fourth-order valence-electron chi connectivity index (χ4n) is 2.39. The summed E-state index contributed by atoms with van der Waals surface area (Å²) >= 11 is 1.52. The van der Waals surface area contributed by atoms with E-state index >= 15 is 0 Å². The molecule has 2 aromatic carbocycles. The second-order valence-corrected chi connectivity index (χ2v) is 7.03. The molecule has 5 heteroatoms. The van der Waals surface area contributed by atoms with Gasteiger partial charge in [-0.25, -0.2) is 0 Å². The molecule has 2 rings (SSSR count). The molecule has 0 aliphatic rings. The van der Waals surface area contributed by atoms with Gasteiger partial charge in [0.25, 0.3) is 5.91 Å². The normalized spacial score (nSPS) is 11.6. The van der Waals surface area contributed by atoms with Crippen molar-refractivity contribution in [1.29, 1.82) is 0 Å². The van der Waals surface area contributed by atoms with Crippen molar-refractivity contribution in [2.45, 2.75) is 30.9 Å². The number of benzene rings is 2. The summed E-state index contributed by atoms with van der Waals surface area (Å²) in [5, 5.41) is 2.69. The van der Waals surface area contributed by atoms with E-state index in [0.717, 1.165) is 4.90 Å². The average Bonchev–Trinajstić information content (AvgIpc) is 2.64. The standard InChI is InChI=1S/C20H24N2O2S/c1-4-22(5-2)20(24)16-11-13-17(14-12-16)21-19(23)15(3)25-18-9-7-6-8-10-18/h6-15H,4-5H2,1-3H3,(H,21,23). The van der Waals surface area contributed by atoms with E-state index < -0.39 is 0 Å². The van der Waals surface area contributed by atoms with Crippen LogP contribution in [-0.4, -0.2) is 35.1 Å². The predicted octanol–water partition coefficient (Wildman–Crippen LogP) is 4.29. The zero-order valence-electron chi connectivity index (χ0n) is 14.9. The van der Waals surface area contributed by atoms with Crippen LogP contribution in [0.4, 0.5) is 5.69 Å². The van der Waals surface area contributed by atoms with Crippen molar-refractivity contribution in [3.63, 3.8) is 0 Å². The highest BCUT2D eigenvalue weighted by Crippen LogP contribution is 2.23. The molecule has 1 atom stereocenters. The number of rotatable bonds is 7. The smallest absolute Gasteiger partial charge is 0.253 e. The van der Waals surface area contributed by atoms with E-state index in [0.29, 0.717) is 24.3 Å². The van der Waals surface area contributed by atoms with Crippen molar-refractivity contribution in [2.24, 2.45) is 0 Å². The number of carbonyl (C=O) groups is 2. The maximum atomic E-state index is 12.3. The number of nitrogens with zero attached hydrogens (tertiary/aromatic N) is 1. The summed E-state index contributed by atoms with van der Waals surface area (Å²) in [5.74, 6) is -0.0486. The molecule has 0 fully saturated rings. The summed E-state index contributed by atoms with van der Waals surface area (Å²) in [4.78, 5) is 27.4. The molecule has 0 spiro atoms. The van der Waals surface area contributed by atoms with Gasteiger partial charge >= 0.3 is 0 Å². The molecule has 0 aliphatic heterocycles. The van der Waals surface area contributed by atoms with Gasteiger partial charge in [-0.2, -0.15) is 0 Å². The van der Waals surface area contributed by atoms with Crippen molar-refractivity contribution >= 4 is 29.3 Å². The van der Waals surface area contributed by atoms with Gasteiger partial charge in [0.2, 0.25) is 5.91 Å². The Balaban J connectivity index is 1.96. The number of carbonyl (C=O) groups excluding carboxylic acids is 2. The third-order valence-corrected chi connectivity index (χ3v) is 4.99. The van der Waals surface area contributed by atoms with Crippen LogP contribution in [0.15, 0.2) is 59.5 Å². The molecule has 4 nitrogen and oxygen atoms in total. The molecule has 0 heterocycles. The zero-order valence-corrected chi connectivity index (χ0v) is 15.7. The van der Waals surface area contributed by atoms with Crippen LogP contribution in [0.2, 0.25) is 0 Å². The molecule has 0 aromatic heterocycles. The Labute approximate surface area is 153 Å². The highest BCUT2D eigenvalue weighted by molar-refractivity contribution is 8.00. The van der Waals surface area contributed by atoms with E-state index in [2.05, 4.69) is 5.32 Å². The molecule has 0 saturated heterocycles. The second kappa shape index (κ2) is 9.28. The Morgan fingerprint density at radius 3 is 2.16 bits per heavy atom. The van der Waals surface area contributed by atoms with Crippen LogP contribution < -0.4 is 5.32 Å². The maximum absolute atomic E-state index is 12.3. The zero-order chi connectivity index (χ0) is 18.2. The summed E-state index contributed by atoms with van der Waals surface area (Å²) in [6.07, 6.45) is 0. The van der Waals surface area contributed by atoms with E-state index in [9.17, 15) is 9.59 Å². The fraction of sp³-hybridized carbons (Fsp3) is 0.300. The topological polar surface area (TPSA) is 49.4 Å². The van der Waals surface area contributed by atoms with E-state index in [-0.39, 0.29) is 17.1 Å². The van der Waals surface area contributed by atoms with Crippen molar-refractivity contribution in [3.05, 3.63) is 60.2 Å². The Kier molecular flexibility index (Phi) is 7.07. The fourth-order valence-corrected chi connectivity index (χ4v) is 3.28. The number of hydrogen-bond acceptors (Lipinski definition) is 3. The van der Waals surface area contributed by atoms with Gasteiger partial charge in [0.15, 0.2) is 0 Å². The summed E-state index contributed by atoms with van der Waals surface area (Å²) < 4.78 is 0. The number of thioether (sulfide) groups is 1. The minimum absolute atomic E-state index is 0.0101. The van der Waals surface area contributed by atoms with Gasteiger partial charge in [-0.1, -0.05) is 18.2 Å². The molecule has 0 aliphatic carbocycles. The van der Waals surface area contributed by atoms with Crippen LogP contribution in [0, 0.1) is 0 Å². The molecule has 132 valence electrons. The molecule has 2 aromatic rings. The van der Waals surface area contributed by atoms with Crippen molar-refractivity contribution in [2.75, 3.05) is 18.4 Å². The minimum Gasteiger partial charge on any atom is -0.339 e. The van der Waals surface area contributed by atoms with Crippen LogP contribution in [0.3, 0.4) is 0 Å². The van der Waals surface area contributed by atoms with Crippen LogP contribution in [0.5, 0.6) is 0 Å². The first-order chi connectivity index (χ1) is 12.0. The predicted molar refractivity (Wildman–Crippen MR) is 104 cm³/mol. The largest absolute Gasteiger partial charge is 0.339 e. The molecule has 0 saturated carbocycles. The number of anilines is 1. The SMILES string of the molecule is CCN(CC)C(=O)c1ccc(NC(=O)C(C)Sc2ccccc2)cc1. The van der Waals surface area contributed by atoms with Gasteiger partial charge in [-0.3, -0.25) is 9.59 Å². The lowest BCUT2D eigenvalue weighted by atomic mass is 10.1. The van der Waals surface area contributed by atoms with Gasteiger partial charge in [0, 0.05) is 29.2 Å². The van der Waals surface area contributed by atoms with Crippen LogP contribution in [0.1, 0.15) is 31.1 Å². The molecule has 0 radical (unpaired) electrons. The van der Waals surface area contributed by atoms with Crippen molar-refractivity contribution in [3.8, 4) is 0 Å².